The summed E-state index contributed by atoms with van der Waals surface area (Å²) in [6, 6.07) is 3.93. The van der Waals surface area contributed by atoms with E-state index in [4.69, 9.17) is 4.42 Å². The van der Waals surface area contributed by atoms with Crippen LogP contribution < -0.4 is 5.32 Å². The Balaban J connectivity index is 2.06. The van der Waals surface area contributed by atoms with Crippen molar-refractivity contribution in [1.29, 1.82) is 0 Å². The molecule has 0 amide bonds. The molecular formula is C11H14BrN3OS. The van der Waals surface area contributed by atoms with Crippen LogP contribution >= 0.6 is 27.3 Å². The predicted octanol–water partition coefficient (Wildman–Crippen LogP) is 3.45. The van der Waals surface area contributed by atoms with E-state index in [9.17, 15) is 0 Å². The van der Waals surface area contributed by atoms with E-state index in [-0.39, 0.29) is 5.54 Å². The number of aromatic nitrogens is 2. The van der Waals surface area contributed by atoms with Crippen LogP contribution in [0.2, 0.25) is 0 Å². The van der Waals surface area contributed by atoms with Crippen molar-refractivity contribution in [3.05, 3.63) is 21.8 Å². The van der Waals surface area contributed by atoms with Gasteiger partial charge in [0.2, 0.25) is 5.89 Å². The van der Waals surface area contributed by atoms with E-state index in [0.717, 1.165) is 8.66 Å². The van der Waals surface area contributed by atoms with Crippen LogP contribution in [0.4, 0.5) is 0 Å². The van der Waals surface area contributed by atoms with Crippen LogP contribution in [0.25, 0.3) is 10.8 Å². The van der Waals surface area contributed by atoms with Gasteiger partial charge in [-0.15, -0.1) is 21.5 Å². The number of thiophene rings is 1. The zero-order valence-electron chi connectivity index (χ0n) is 9.95. The maximum Gasteiger partial charge on any atom is 0.257 e. The SMILES string of the molecule is CC(C)(C)NCc1nnc(-c2ccc(Br)s2)o1. The molecule has 0 spiro atoms. The molecule has 1 N–H and O–H groups in total. The third-order valence-corrected chi connectivity index (χ3v) is 3.63. The van der Waals surface area contributed by atoms with Gasteiger partial charge in [0, 0.05) is 5.54 Å². The van der Waals surface area contributed by atoms with Crippen molar-refractivity contribution in [1.82, 2.24) is 15.5 Å². The molecule has 0 bridgehead atoms. The Kier molecular flexibility index (Phi) is 3.65. The summed E-state index contributed by atoms with van der Waals surface area (Å²) in [4.78, 5) is 0.978. The summed E-state index contributed by atoms with van der Waals surface area (Å²) < 4.78 is 6.64. The Bertz CT molecular complexity index is 501. The van der Waals surface area contributed by atoms with Gasteiger partial charge in [0.25, 0.3) is 5.89 Å². The summed E-state index contributed by atoms with van der Waals surface area (Å²) in [6.45, 7) is 6.88. The average Bonchev–Trinajstić information content (AvgIpc) is 2.81. The summed E-state index contributed by atoms with van der Waals surface area (Å²) in [5, 5.41) is 11.4. The minimum atomic E-state index is 0.0423. The van der Waals surface area contributed by atoms with Gasteiger partial charge in [-0.1, -0.05) is 0 Å². The van der Waals surface area contributed by atoms with Crippen LogP contribution in [0, 0.1) is 0 Å². The van der Waals surface area contributed by atoms with E-state index >= 15 is 0 Å². The van der Waals surface area contributed by atoms with Gasteiger partial charge in [0.15, 0.2) is 0 Å². The van der Waals surface area contributed by atoms with Crippen molar-refractivity contribution in [2.75, 3.05) is 0 Å². The van der Waals surface area contributed by atoms with Gasteiger partial charge in [0.1, 0.15) is 0 Å². The molecule has 6 heteroatoms. The molecule has 0 aliphatic rings. The number of rotatable bonds is 3. The van der Waals surface area contributed by atoms with Crippen molar-refractivity contribution in [3.8, 4) is 10.8 Å². The van der Waals surface area contributed by atoms with E-state index in [2.05, 4.69) is 52.2 Å². The first kappa shape index (κ1) is 12.7. The van der Waals surface area contributed by atoms with Gasteiger partial charge in [-0.2, -0.15) is 0 Å². The summed E-state index contributed by atoms with van der Waals surface area (Å²) in [6.07, 6.45) is 0. The normalized spacial score (nSPS) is 12.0. The van der Waals surface area contributed by atoms with Gasteiger partial charge in [-0.05, 0) is 48.8 Å². The summed E-state index contributed by atoms with van der Waals surface area (Å²) in [5.41, 5.74) is 0.0423. The van der Waals surface area contributed by atoms with E-state index < -0.39 is 0 Å². The second-order valence-corrected chi connectivity index (χ2v) is 7.17. The van der Waals surface area contributed by atoms with Crippen molar-refractivity contribution >= 4 is 27.3 Å². The first-order valence-corrected chi connectivity index (χ1v) is 6.88. The fourth-order valence-electron chi connectivity index (χ4n) is 1.19. The van der Waals surface area contributed by atoms with Crippen LogP contribution in [-0.2, 0) is 6.54 Å². The highest BCUT2D eigenvalue weighted by atomic mass is 79.9. The minimum absolute atomic E-state index is 0.0423. The Hall–Kier alpha value is -0.720. The molecule has 0 aliphatic carbocycles. The van der Waals surface area contributed by atoms with Crippen LogP contribution in [0.15, 0.2) is 20.3 Å². The number of hydrogen-bond donors (Lipinski definition) is 1. The van der Waals surface area contributed by atoms with Crippen LogP contribution in [0.3, 0.4) is 0 Å². The lowest BCUT2D eigenvalue weighted by molar-refractivity contribution is 0.384. The lowest BCUT2D eigenvalue weighted by Crippen LogP contribution is -2.35. The topological polar surface area (TPSA) is 51.0 Å². The molecule has 0 aliphatic heterocycles. The molecule has 0 fully saturated rings. The second-order valence-electron chi connectivity index (χ2n) is 4.71. The molecule has 0 atom stereocenters. The Morgan fingerprint density at radius 2 is 2.12 bits per heavy atom. The molecule has 2 aromatic rings. The highest BCUT2D eigenvalue weighted by Gasteiger charge is 2.13. The third-order valence-electron chi connectivity index (χ3n) is 2.02. The summed E-state index contributed by atoms with van der Waals surface area (Å²) >= 11 is 4.99. The lowest BCUT2D eigenvalue weighted by atomic mass is 10.1. The van der Waals surface area contributed by atoms with Gasteiger partial charge >= 0.3 is 0 Å². The van der Waals surface area contributed by atoms with Crippen molar-refractivity contribution < 1.29 is 4.42 Å². The van der Waals surface area contributed by atoms with E-state index in [1.807, 2.05) is 12.1 Å². The molecular weight excluding hydrogens is 302 g/mol. The Labute approximate surface area is 113 Å². The van der Waals surface area contributed by atoms with Crippen LogP contribution in [0.5, 0.6) is 0 Å². The first-order chi connectivity index (χ1) is 7.94. The molecule has 17 heavy (non-hydrogen) atoms. The average molecular weight is 316 g/mol. The molecule has 2 rings (SSSR count). The maximum atomic E-state index is 5.58. The maximum absolute atomic E-state index is 5.58. The predicted molar refractivity (Wildman–Crippen MR) is 71.9 cm³/mol. The molecule has 2 heterocycles. The molecule has 0 saturated heterocycles. The molecule has 0 aromatic carbocycles. The highest BCUT2D eigenvalue weighted by molar-refractivity contribution is 9.11. The molecule has 0 unspecified atom stereocenters. The number of halogens is 1. The highest BCUT2D eigenvalue weighted by Crippen LogP contribution is 2.30. The van der Waals surface area contributed by atoms with Crippen LogP contribution in [0.1, 0.15) is 26.7 Å². The number of hydrogen-bond acceptors (Lipinski definition) is 5. The molecule has 0 saturated carbocycles. The van der Waals surface area contributed by atoms with Gasteiger partial charge in [0.05, 0.1) is 15.2 Å². The third kappa shape index (κ3) is 3.62. The fourth-order valence-corrected chi connectivity index (χ4v) is 2.50. The first-order valence-electron chi connectivity index (χ1n) is 5.27. The fraction of sp³-hybridized carbons (Fsp3) is 0.455. The molecule has 0 radical (unpaired) electrons. The van der Waals surface area contributed by atoms with E-state index in [1.165, 1.54) is 0 Å². The van der Waals surface area contributed by atoms with Crippen molar-refractivity contribution in [3.63, 3.8) is 0 Å². The Morgan fingerprint density at radius 1 is 1.35 bits per heavy atom. The Morgan fingerprint density at radius 3 is 2.71 bits per heavy atom. The zero-order valence-corrected chi connectivity index (χ0v) is 12.4. The van der Waals surface area contributed by atoms with E-state index in [1.54, 1.807) is 11.3 Å². The summed E-state index contributed by atoms with van der Waals surface area (Å²) in [7, 11) is 0. The second kappa shape index (κ2) is 4.88. The van der Waals surface area contributed by atoms with Gasteiger partial charge in [-0.25, -0.2) is 0 Å². The van der Waals surface area contributed by atoms with Gasteiger partial charge in [-0.3, -0.25) is 0 Å². The largest absolute Gasteiger partial charge is 0.419 e. The minimum Gasteiger partial charge on any atom is -0.419 e. The van der Waals surface area contributed by atoms with Crippen molar-refractivity contribution in [2.45, 2.75) is 32.9 Å². The van der Waals surface area contributed by atoms with Crippen LogP contribution in [-0.4, -0.2) is 15.7 Å². The van der Waals surface area contributed by atoms with Crippen molar-refractivity contribution in [2.24, 2.45) is 0 Å². The molecule has 92 valence electrons. The standard InChI is InChI=1S/C11H14BrN3OS/c1-11(2,3)13-6-9-14-15-10(16-9)7-4-5-8(12)17-7/h4-5,13H,6H2,1-3H3. The number of nitrogens with one attached hydrogen (secondary N) is 1. The lowest BCUT2D eigenvalue weighted by Gasteiger charge is -2.18. The number of nitrogens with zero attached hydrogens (tertiary/aromatic N) is 2. The monoisotopic (exact) mass is 315 g/mol. The van der Waals surface area contributed by atoms with E-state index in [0.29, 0.717) is 18.3 Å². The van der Waals surface area contributed by atoms with Gasteiger partial charge < -0.3 is 9.73 Å². The summed E-state index contributed by atoms with van der Waals surface area (Å²) in [5.74, 6) is 1.19. The smallest absolute Gasteiger partial charge is 0.257 e. The quantitative estimate of drug-likeness (QED) is 0.942. The zero-order chi connectivity index (χ0) is 12.5. The molecule has 4 nitrogen and oxygen atoms in total. The molecule has 2 aromatic heterocycles.